The van der Waals surface area contributed by atoms with Gasteiger partial charge in [-0.3, -0.25) is 0 Å². The minimum absolute atomic E-state index is 0.167. The summed E-state index contributed by atoms with van der Waals surface area (Å²) in [6.07, 6.45) is 2.16. The Hall–Kier alpha value is -4.34. The Morgan fingerprint density at radius 2 is 1.19 bits per heavy atom. The van der Waals surface area contributed by atoms with Crippen LogP contribution in [0.5, 0.6) is 0 Å². The van der Waals surface area contributed by atoms with Gasteiger partial charge in [0.2, 0.25) is 0 Å². The largest absolute Gasteiger partial charge is 0.380 e. The Morgan fingerprint density at radius 1 is 0.541 bits per heavy atom. The fraction of sp³-hybridized carbons (Fsp3) is 0.0588. The van der Waals surface area contributed by atoms with Crippen molar-refractivity contribution in [2.24, 2.45) is 0 Å². The summed E-state index contributed by atoms with van der Waals surface area (Å²) in [6.45, 7) is 0. The van der Waals surface area contributed by atoms with Crippen LogP contribution in [0.2, 0.25) is 0 Å². The third-order valence-electron chi connectivity index (χ3n) is 7.82. The summed E-state index contributed by atoms with van der Waals surface area (Å²) in [5, 5.41) is 10.3. The van der Waals surface area contributed by atoms with Gasteiger partial charge in [-0.2, -0.15) is 0 Å². The van der Waals surface area contributed by atoms with Crippen LogP contribution in [0.4, 0.5) is 0 Å². The van der Waals surface area contributed by atoms with E-state index in [1.165, 1.54) is 59.1 Å². The summed E-state index contributed by atoms with van der Waals surface area (Å²) < 4.78 is 2.69. The van der Waals surface area contributed by atoms with E-state index in [-0.39, 0.29) is 12.1 Å². The highest BCUT2D eigenvalue weighted by atomic mass is 32.1. The first-order valence-corrected chi connectivity index (χ1v) is 13.6. The van der Waals surface area contributed by atoms with Crippen LogP contribution in [0, 0.1) is 0 Å². The molecule has 0 amide bonds. The van der Waals surface area contributed by atoms with Crippen molar-refractivity contribution in [2.45, 2.75) is 12.1 Å². The Balaban J connectivity index is 1.22. The van der Waals surface area contributed by atoms with Gasteiger partial charge in [0.05, 0.1) is 17.8 Å². The van der Waals surface area contributed by atoms with Crippen molar-refractivity contribution < 1.29 is 0 Å². The number of nitrogens with one attached hydrogen (secondary N) is 2. The van der Waals surface area contributed by atoms with Crippen molar-refractivity contribution >= 4 is 37.2 Å². The molecule has 2 unspecified atom stereocenters. The summed E-state index contributed by atoms with van der Waals surface area (Å²) >= 11 is 1.88. The molecule has 2 aliphatic rings. The molecule has 0 saturated carbocycles. The van der Waals surface area contributed by atoms with Crippen molar-refractivity contribution in [3.05, 3.63) is 138 Å². The molecule has 0 bridgehead atoms. The lowest BCUT2D eigenvalue weighted by molar-refractivity contribution is 0.440. The first-order chi connectivity index (χ1) is 18.3. The second-order valence-corrected chi connectivity index (χ2v) is 10.9. The molecule has 2 atom stereocenters. The predicted octanol–water partition coefficient (Wildman–Crippen LogP) is 8.68. The van der Waals surface area contributed by atoms with Gasteiger partial charge in [-0.05, 0) is 51.1 Å². The molecule has 0 saturated heterocycles. The fourth-order valence-corrected chi connectivity index (χ4v) is 7.35. The molecular weight excluding hydrogens is 468 g/mol. The molecule has 2 nitrogen and oxygen atoms in total. The molecule has 1 aliphatic carbocycles. The van der Waals surface area contributed by atoms with E-state index in [1.807, 2.05) is 11.3 Å². The zero-order valence-electron chi connectivity index (χ0n) is 20.1. The van der Waals surface area contributed by atoms with Gasteiger partial charge >= 0.3 is 0 Å². The van der Waals surface area contributed by atoms with E-state index in [9.17, 15) is 0 Å². The minimum atomic E-state index is 0.167. The zero-order valence-corrected chi connectivity index (χ0v) is 20.9. The van der Waals surface area contributed by atoms with Crippen LogP contribution < -0.4 is 10.6 Å². The predicted molar refractivity (Wildman–Crippen MR) is 156 cm³/mol. The molecule has 0 radical (unpaired) electrons. The number of thiophene rings is 1. The van der Waals surface area contributed by atoms with Gasteiger partial charge in [0.25, 0.3) is 0 Å². The van der Waals surface area contributed by atoms with Crippen molar-refractivity contribution in [3.63, 3.8) is 0 Å². The van der Waals surface area contributed by atoms with Gasteiger partial charge in [-0.25, -0.2) is 0 Å². The van der Waals surface area contributed by atoms with Crippen molar-refractivity contribution in [3.8, 4) is 22.3 Å². The Kier molecular flexibility index (Phi) is 4.55. The van der Waals surface area contributed by atoms with E-state index >= 15 is 0 Å². The lowest BCUT2D eigenvalue weighted by atomic mass is 9.78. The van der Waals surface area contributed by atoms with Crippen molar-refractivity contribution in [1.82, 2.24) is 10.6 Å². The fourth-order valence-electron chi connectivity index (χ4n) is 6.11. The number of rotatable bonds is 2. The summed E-state index contributed by atoms with van der Waals surface area (Å²) in [5.74, 6) is 0. The van der Waals surface area contributed by atoms with Crippen LogP contribution in [0.25, 0.3) is 48.1 Å². The van der Waals surface area contributed by atoms with E-state index in [0.717, 1.165) is 5.70 Å². The lowest BCUT2D eigenvalue weighted by Gasteiger charge is -2.40. The summed E-state index contributed by atoms with van der Waals surface area (Å²) in [4.78, 5) is 0. The van der Waals surface area contributed by atoms with E-state index in [0.29, 0.717) is 0 Å². The third kappa shape index (κ3) is 3.18. The average Bonchev–Trinajstić information content (AvgIpc) is 3.36. The maximum atomic E-state index is 3.91. The standard InChI is InChI=1S/C34H24N2S/c1-3-14-27-24(11-1)25-12-2-4-15-28(25)33-32(27)35-20-30(36-33)22-10-7-9-21(19-22)23-16-8-17-29-26-13-5-6-18-31(26)37-34(23)29/h1-20,32-33,35-36H. The Labute approximate surface area is 219 Å². The summed E-state index contributed by atoms with van der Waals surface area (Å²) in [5.41, 5.74) is 10.2. The van der Waals surface area contributed by atoms with Crippen LogP contribution in [-0.4, -0.2) is 0 Å². The van der Waals surface area contributed by atoms with E-state index < -0.39 is 0 Å². The molecule has 5 aromatic carbocycles. The average molecular weight is 493 g/mol. The molecule has 0 fully saturated rings. The second-order valence-electron chi connectivity index (χ2n) is 9.86. The Morgan fingerprint density at radius 3 is 2.05 bits per heavy atom. The van der Waals surface area contributed by atoms with Crippen LogP contribution >= 0.6 is 11.3 Å². The maximum Gasteiger partial charge on any atom is 0.0764 e. The topological polar surface area (TPSA) is 24.1 Å². The van der Waals surface area contributed by atoms with Crippen LogP contribution in [0.1, 0.15) is 28.8 Å². The van der Waals surface area contributed by atoms with Crippen molar-refractivity contribution in [1.29, 1.82) is 0 Å². The van der Waals surface area contributed by atoms with Crippen molar-refractivity contribution in [2.75, 3.05) is 0 Å². The van der Waals surface area contributed by atoms with Gasteiger partial charge in [-0.15, -0.1) is 11.3 Å². The normalized spacial score (nSPS) is 17.8. The van der Waals surface area contributed by atoms with Gasteiger partial charge in [0, 0.05) is 26.4 Å². The SMILES string of the molecule is C1=C(c2cccc(-c3cccc4c3sc3ccccc34)c2)NC2c3ccccc3-c3ccccc3C2N1. The quantitative estimate of drug-likeness (QED) is 0.253. The maximum absolute atomic E-state index is 3.91. The molecule has 176 valence electrons. The van der Waals surface area contributed by atoms with Gasteiger partial charge in [-0.1, -0.05) is 103 Å². The molecule has 6 aromatic rings. The smallest absolute Gasteiger partial charge is 0.0764 e. The van der Waals surface area contributed by atoms with E-state index in [4.69, 9.17) is 0 Å². The number of hydrogen-bond donors (Lipinski definition) is 2. The first-order valence-electron chi connectivity index (χ1n) is 12.8. The molecular formula is C34H24N2S. The molecule has 8 rings (SSSR count). The highest BCUT2D eigenvalue weighted by Crippen LogP contribution is 2.47. The second kappa shape index (κ2) is 8.09. The summed E-state index contributed by atoms with van der Waals surface area (Å²) in [6, 6.07) is 42.3. The first kappa shape index (κ1) is 20.8. The van der Waals surface area contributed by atoms with E-state index in [2.05, 4.69) is 132 Å². The minimum Gasteiger partial charge on any atom is -0.380 e. The van der Waals surface area contributed by atoms with Gasteiger partial charge < -0.3 is 10.6 Å². The molecule has 37 heavy (non-hydrogen) atoms. The van der Waals surface area contributed by atoms with Gasteiger partial charge in [0.1, 0.15) is 0 Å². The monoisotopic (exact) mass is 492 g/mol. The molecule has 3 heteroatoms. The molecule has 2 N–H and O–H groups in total. The van der Waals surface area contributed by atoms with Crippen LogP contribution in [-0.2, 0) is 0 Å². The molecule has 1 aromatic heterocycles. The molecule has 2 heterocycles. The zero-order chi connectivity index (χ0) is 24.3. The van der Waals surface area contributed by atoms with E-state index in [1.54, 1.807) is 0 Å². The lowest BCUT2D eigenvalue weighted by Crippen LogP contribution is -2.39. The molecule has 0 spiro atoms. The molecule has 1 aliphatic heterocycles. The number of hydrogen-bond acceptors (Lipinski definition) is 3. The highest BCUT2D eigenvalue weighted by molar-refractivity contribution is 7.26. The van der Waals surface area contributed by atoms with Gasteiger partial charge in [0.15, 0.2) is 0 Å². The third-order valence-corrected chi connectivity index (χ3v) is 9.04. The summed E-state index contributed by atoms with van der Waals surface area (Å²) in [7, 11) is 0. The number of benzene rings is 5. The highest BCUT2D eigenvalue weighted by Gasteiger charge is 2.35. The van der Waals surface area contributed by atoms with Crippen LogP contribution in [0.3, 0.4) is 0 Å². The number of fused-ring (bicyclic) bond motifs is 9. The Bertz CT molecular complexity index is 1860. The van der Waals surface area contributed by atoms with Crippen LogP contribution in [0.15, 0.2) is 121 Å².